The molecule has 0 fully saturated rings. The molecular weight excluding hydrogens is 480 g/mol. The number of nitrogens with one attached hydrogen (secondary N) is 2. The predicted molar refractivity (Wildman–Crippen MR) is 123 cm³/mol. The number of aliphatic hydroxyl groups is 1. The van der Waals surface area contributed by atoms with E-state index < -0.39 is 6.36 Å². The van der Waals surface area contributed by atoms with Gasteiger partial charge in [-0.3, -0.25) is 0 Å². The van der Waals surface area contributed by atoms with E-state index in [1.807, 2.05) is 13.8 Å². The lowest BCUT2D eigenvalue weighted by atomic mass is 10.1. The molecule has 2 aromatic carbocycles. The summed E-state index contributed by atoms with van der Waals surface area (Å²) in [6.07, 6.45) is -4.82. The van der Waals surface area contributed by atoms with Gasteiger partial charge in [0, 0.05) is 11.6 Å². The third kappa shape index (κ3) is 6.86. The molecule has 1 atom stereocenters. The van der Waals surface area contributed by atoms with Crippen molar-refractivity contribution in [3.63, 3.8) is 0 Å². The zero-order chi connectivity index (χ0) is 24.2. The summed E-state index contributed by atoms with van der Waals surface area (Å²) < 4.78 is 42.0. The van der Waals surface area contributed by atoms with Gasteiger partial charge in [-0.1, -0.05) is 55.2 Å². The van der Waals surface area contributed by atoms with Gasteiger partial charge in [-0.05, 0) is 30.2 Å². The molecular formula is C22H21Cl2F3N4O2. The van der Waals surface area contributed by atoms with Crippen molar-refractivity contribution < 1.29 is 23.0 Å². The number of nitrogens with zero attached hydrogens (tertiary/aromatic N) is 2. The molecule has 0 aliphatic heterocycles. The first-order valence-corrected chi connectivity index (χ1v) is 10.6. The normalized spacial score (nSPS) is 12.5. The number of anilines is 3. The quantitative estimate of drug-likeness (QED) is 0.326. The second-order valence-corrected chi connectivity index (χ2v) is 8.23. The second kappa shape index (κ2) is 10.5. The molecule has 6 nitrogen and oxygen atoms in total. The van der Waals surface area contributed by atoms with Crippen molar-refractivity contribution in [3.8, 4) is 17.0 Å². The summed E-state index contributed by atoms with van der Waals surface area (Å²) in [7, 11) is 0. The third-order valence-corrected chi connectivity index (χ3v) is 5.44. The van der Waals surface area contributed by atoms with E-state index in [-0.39, 0.29) is 35.3 Å². The van der Waals surface area contributed by atoms with Gasteiger partial charge in [0.1, 0.15) is 11.6 Å². The predicted octanol–water partition coefficient (Wildman–Crippen LogP) is 6.52. The minimum atomic E-state index is -4.82. The lowest BCUT2D eigenvalue weighted by molar-refractivity contribution is -0.274. The van der Waals surface area contributed by atoms with E-state index in [9.17, 15) is 18.3 Å². The number of benzene rings is 2. The van der Waals surface area contributed by atoms with Gasteiger partial charge in [-0.15, -0.1) is 13.2 Å². The number of rotatable bonds is 8. The van der Waals surface area contributed by atoms with Crippen LogP contribution in [-0.4, -0.2) is 34.1 Å². The van der Waals surface area contributed by atoms with Crippen molar-refractivity contribution in [3.05, 3.63) is 58.6 Å². The number of halogens is 5. The first kappa shape index (κ1) is 24.9. The highest BCUT2D eigenvalue weighted by molar-refractivity contribution is 6.43. The van der Waals surface area contributed by atoms with E-state index in [0.717, 1.165) is 0 Å². The summed E-state index contributed by atoms with van der Waals surface area (Å²) in [6.45, 7) is 3.67. The van der Waals surface area contributed by atoms with Crippen LogP contribution in [0, 0.1) is 5.92 Å². The zero-order valence-corrected chi connectivity index (χ0v) is 19.1. The van der Waals surface area contributed by atoms with Gasteiger partial charge in [0.25, 0.3) is 0 Å². The van der Waals surface area contributed by atoms with Crippen LogP contribution in [0.5, 0.6) is 5.75 Å². The molecule has 1 aromatic heterocycles. The van der Waals surface area contributed by atoms with Crippen LogP contribution in [0.3, 0.4) is 0 Å². The Hall–Kier alpha value is -2.75. The lowest BCUT2D eigenvalue weighted by Crippen LogP contribution is -2.30. The van der Waals surface area contributed by atoms with E-state index in [2.05, 4.69) is 25.3 Å². The van der Waals surface area contributed by atoms with Crippen LogP contribution in [0.2, 0.25) is 10.0 Å². The van der Waals surface area contributed by atoms with Crippen LogP contribution in [0.25, 0.3) is 11.3 Å². The van der Waals surface area contributed by atoms with Crippen LogP contribution in [-0.2, 0) is 0 Å². The van der Waals surface area contributed by atoms with Crippen molar-refractivity contribution in [2.75, 3.05) is 17.2 Å². The number of aliphatic hydroxyl groups excluding tert-OH is 1. The highest BCUT2D eigenvalue weighted by atomic mass is 35.5. The Bertz CT molecular complexity index is 1110. The Morgan fingerprint density at radius 1 is 1.06 bits per heavy atom. The topological polar surface area (TPSA) is 79.3 Å². The number of hydrogen-bond donors (Lipinski definition) is 3. The summed E-state index contributed by atoms with van der Waals surface area (Å²) >= 11 is 12.3. The Kier molecular flexibility index (Phi) is 7.88. The Labute approximate surface area is 198 Å². The van der Waals surface area contributed by atoms with E-state index in [4.69, 9.17) is 23.2 Å². The van der Waals surface area contributed by atoms with Crippen molar-refractivity contribution in [2.45, 2.75) is 26.3 Å². The fourth-order valence-corrected chi connectivity index (χ4v) is 3.25. The van der Waals surface area contributed by atoms with Crippen molar-refractivity contribution in [2.24, 2.45) is 5.92 Å². The van der Waals surface area contributed by atoms with E-state index in [1.165, 1.54) is 18.2 Å². The van der Waals surface area contributed by atoms with Crippen molar-refractivity contribution in [1.82, 2.24) is 9.97 Å². The minimum absolute atomic E-state index is 0.0598. The number of ether oxygens (including phenoxy) is 1. The SMILES string of the molecule is CC(C)[C@H](CO)Nc1nc(Nc2cccc(Cl)c2Cl)cc(-c2cccc(OC(F)(F)F)c2)n1. The van der Waals surface area contributed by atoms with Gasteiger partial charge in [-0.2, -0.15) is 4.98 Å². The van der Waals surface area contributed by atoms with E-state index >= 15 is 0 Å². The first-order valence-electron chi connectivity index (χ1n) is 9.89. The van der Waals surface area contributed by atoms with E-state index in [1.54, 1.807) is 30.3 Å². The maximum Gasteiger partial charge on any atom is 0.573 e. The lowest BCUT2D eigenvalue weighted by Gasteiger charge is -2.21. The molecule has 11 heteroatoms. The molecule has 0 radical (unpaired) electrons. The highest BCUT2D eigenvalue weighted by Crippen LogP contribution is 2.33. The smallest absolute Gasteiger partial charge is 0.406 e. The van der Waals surface area contributed by atoms with Crippen molar-refractivity contribution >= 4 is 40.7 Å². The van der Waals surface area contributed by atoms with Gasteiger partial charge in [0.05, 0.1) is 34.1 Å². The Morgan fingerprint density at radius 3 is 2.45 bits per heavy atom. The molecule has 0 saturated carbocycles. The average Bonchev–Trinajstić information content (AvgIpc) is 2.74. The molecule has 0 spiro atoms. The molecule has 33 heavy (non-hydrogen) atoms. The zero-order valence-electron chi connectivity index (χ0n) is 17.6. The molecule has 176 valence electrons. The van der Waals surface area contributed by atoms with Gasteiger partial charge < -0.3 is 20.5 Å². The summed E-state index contributed by atoms with van der Waals surface area (Å²) in [6, 6.07) is 11.7. The summed E-state index contributed by atoms with van der Waals surface area (Å²) in [5.74, 6) is 0.165. The molecule has 0 amide bonds. The number of alkyl halides is 3. The summed E-state index contributed by atoms with van der Waals surface area (Å²) in [5, 5.41) is 16.4. The molecule has 3 rings (SSSR count). The number of hydrogen-bond acceptors (Lipinski definition) is 6. The Balaban J connectivity index is 2.03. The maximum absolute atomic E-state index is 12.7. The number of aromatic nitrogens is 2. The second-order valence-electron chi connectivity index (χ2n) is 7.44. The average molecular weight is 501 g/mol. The van der Waals surface area contributed by atoms with Crippen LogP contribution >= 0.6 is 23.2 Å². The van der Waals surface area contributed by atoms with E-state index in [0.29, 0.717) is 27.8 Å². The molecule has 0 bridgehead atoms. The molecule has 0 aliphatic rings. The fraction of sp³-hybridized carbons (Fsp3) is 0.273. The molecule has 0 aliphatic carbocycles. The standard InChI is InChI=1S/C22H21Cl2F3N4O2/c1-12(2)18(11-32)30-21-29-17(13-5-3-6-14(9-13)33-22(25,26)27)10-19(31-21)28-16-8-4-7-15(23)20(16)24/h3-10,12,18,32H,11H2,1-2H3,(H2,28,29,30,31)/t18-/m0/s1. The fourth-order valence-electron chi connectivity index (χ4n) is 2.90. The minimum Gasteiger partial charge on any atom is -0.406 e. The van der Waals surface area contributed by atoms with Crippen LogP contribution < -0.4 is 15.4 Å². The molecule has 3 aromatic rings. The molecule has 3 N–H and O–H groups in total. The third-order valence-electron chi connectivity index (χ3n) is 4.62. The van der Waals surface area contributed by atoms with Gasteiger partial charge >= 0.3 is 6.36 Å². The largest absolute Gasteiger partial charge is 0.573 e. The summed E-state index contributed by atoms with van der Waals surface area (Å²) in [5.41, 5.74) is 1.17. The van der Waals surface area contributed by atoms with Gasteiger partial charge in [0.2, 0.25) is 5.95 Å². The molecule has 1 heterocycles. The van der Waals surface area contributed by atoms with Gasteiger partial charge in [0.15, 0.2) is 0 Å². The highest BCUT2D eigenvalue weighted by Gasteiger charge is 2.31. The van der Waals surface area contributed by atoms with Crippen LogP contribution in [0.4, 0.5) is 30.6 Å². The maximum atomic E-state index is 12.7. The molecule has 0 saturated heterocycles. The van der Waals surface area contributed by atoms with Crippen LogP contribution in [0.15, 0.2) is 48.5 Å². The van der Waals surface area contributed by atoms with Crippen molar-refractivity contribution in [1.29, 1.82) is 0 Å². The molecule has 0 unspecified atom stereocenters. The monoisotopic (exact) mass is 500 g/mol. The van der Waals surface area contributed by atoms with Gasteiger partial charge in [-0.25, -0.2) is 4.98 Å². The Morgan fingerprint density at radius 2 is 1.79 bits per heavy atom. The summed E-state index contributed by atoms with van der Waals surface area (Å²) in [4.78, 5) is 8.84. The first-order chi connectivity index (χ1) is 15.6. The van der Waals surface area contributed by atoms with Crippen LogP contribution in [0.1, 0.15) is 13.8 Å².